The van der Waals surface area contributed by atoms with Gasteiger partial charge in [0.1, 0.15) is 11.5 Å². The van der Waals surface area contributed by atoms with Crippen molar-refractivity contribution in [2.75, 3.05) is 13.7 Å². The van der Waals surface area contributed by atoms with Gasteiger partial charge in [0.15, 0.2) is 12.6 Å². The molecule has 1 aliphatic rings. The van der Waals surface area contributed by atoms with Crippen molar-refractivity contribution < 1.29 is 24.2 Å². The number of hydrogen-bond acceptors (Lipinski definition) is 6. The van der Waals surface area contributed by atoms with Crippen LogP contribution in [0.15, 0.2) is 30.5 Å². The van der Waals surface area contributed by atoms with Gasteiger partial charge in [-0.05, 0) is 24.3 Å². The minimum absolute atomic E-state index is 0.111. The number of phenolic OH excluding ortho intramolecular Hbond substituents is 1. The maximum Gasteiger partial charge on any atom is 0.333 e. The van der Waals surface area contributed by atoms with E-state index < -0.39 is 12.0 Å². The largest absolute Gasteiger partial charge is 0.508 e. The van der Waals surface area contributed by atoms with Gasteiger partial charge in [0.05, 0.1) is 25.5 Å². The first-order valence-corrected chi connectivity index (χ1v) is 6.91. The Morgan fingerprint density at radius 2 is 2.13 bits per heavy atom. The van der Waals surface area contributed by atoms with Gasteiger partial charge in [-0.15, -0.1) is 0 Å². The molecule has 0 saturated heterocycles. The molecule has 23 heavy (non-hydrogen) atoms. The lowest BCUT2D eigenvalue weighted by molar-refractivity contribution is -0.153. The Morgan fingerprint density at radius 1 is 1.39 bits per heavy atom. The molecule has 120 valence electrons. The van der Waals surface area contributed by atoms with Gasteiger partial charge in [-0.25, -0.2) is 4.79 Å². The number of esters is 1. The minimum Gasteiger partial charge on any atom is -0.508 e. The van der Waals surface area contributed by atoms with Crippen LogP contribution in [0.5, 0.6) is 11.5 Å². The van der Waals surface area contributed by atoms with Gasteiger partial charge in [0.2, 0.25) is 0 Å². The fourth-order valence-electron chi connectivity index (χ4n) is 2.48. The number of phenols is 1. The Kier molecular flexibility index (Phi) is 3.88. The summed E-state index contributed by atoms with van der Waals surface area (Å²) in [5, 5.41) is 15.9. The van der Waals surface area contributed by atoms with Crippen LogP contribution >= 0.6 is 0 Å². The second-order valence-corrected chi connectivity index (χ2v) is 5.03. The van der Waals surface area contributed by atoms with E-state index in [9.17, 15) is 14.7 Å². The van der Waals surface area contributed by atoms with Gasteiger partial charge in [0.25, 0.3) is 5.91 Å². The number of fused-ring (bicyclic) bond motifs is 1. The number of aromatic amines is 1. The fraction of sp³-hybridized carbons (Fsp3) is 0.267. The average molecular weight is 317 g/mol. The maximum atomic E-state index is 12.4. The van der Waals surface area contributed by atoms with Crippen LogP contribution in [0.2, 0.25) is 0 Å². The lowest BCUT2D eigenvalue weighted by atomic mass is 10.1. The van der Waals surface area contributed by atoms with E-state index in [-0.39, 0.29) is 24.8 Å². The summed E-state index contributed by atoms with van der Waals surface area (Å²) in [6.07, 6.45) is 1.52. The molecular formula is C15H15N3O5. The Hall–Kier alpha value is -3.03. The third-order valence-electron chi connectivity index (χ3n) is 3.63. The van der Waals surface area contributed by atoms with Crippen molar-refractivity contribution in [3.8, 4) is 11.5 Å². The number of carbonyl (C=O) groups is 2. The van der Waals surface area contributed by atoms with Gasteiger partial charge in [-0.1, -0.05) is 0 Å². The number of ether oxygens (including phenoxy) is 2. The number of amides is 1. The van der Waals surface area contributed by atoms with Crippen molar-refractivity contribution in [3.05, 3.63) is 41.7 Å². The number of benzene rings is 1. The predicted molar refractivity (Wildman–Crippen MR) is 77.5 cm³/mol. The zero-order chi connectivity index (χ0) is 16.4. The lowest BCUT2D eigenvalue weighted by Gasteiger charge is -2.23. The van der Waals surface area contributed by atoms with Crippen molar-refractivity contribution in [2.24, 2.45) is 0 Å². The molecule has 1 atom stereocenters. The van der Waals surface area contributed by atoms with E-state index in [0.717, 1.165) is 0 Å². The van der Waals surface area contributed by atoms with Gasteiger partial charge in [-0.3, -0.25) is 9.89 Å². The number of H-pyrrole nitrogens is 1. The van der Waals surface area contributed by atoms with E-state index in [1.165, 1.54) is 30.3 Å². The predicted octanol–water partition coefficient (Wildman–Crippen LogP) is 0.751. The summed E-state index contributed by atoms with van der Waals surface area (Å²) in [4.78, 5) is 25.8. The summed E-state index contributed by atoms with van der Waals surface area (Å²) >= 11 is 0. The number of methoxy groups -OCH3 is 1. The highest BCUT2D eigenvalue weighted by Crippen LogP contribution is 2.33. The van der Waals surface area contributed by atoms with E-state index in [4.69, 9.17) is 9.47 Å². The molecule has 2 heterocycles. The van der Waals surface area contributed by atoms with Gasteiger partial charge in [-0.2, -0.15) is 5.10 Å². The molecule has 2 N–H and O–H groups in total. The number of hydrogen-bond donors (Lipinski definition) is 2. The molecule has 1 aliphatic heterocycles. The molecule has 0 spiro atoms. The molecule has 0 saturated carbocycles. The summed E-state index contributed by atoms with van der Waals surface area (Å²) in [7, 11) is 1.27. The lowest BCUT2D eigenvalue weighted by Crippen LogP contribution is -2.37. The van der Waals surface area contributed by atoms with Gasteiger partial charge < -0.3 is 19.5 Å². The topological polar surface area (TPSA) is 105 Å². The first kappa shape index (κ1) is 14.9. The number of aromatic nitrogens is 2. The molecule has 0 fully saturated rings. The van der Waals surface area contributed by atoms with Crippen LogP contribution in [0.3, 0.4) is 0 Å². The first-order chi connectivity index (χ1) is 11.1. The van der Waals surface area contributed by atoms with Crippen molar-refractivity contribution in [2.45, 2.75) is 12.6 Å². The Bertz CT molecular complexity index is 725. The second-order valence-electron chi connectivity index (χ2n) is 5.03. The highest BCUT2D eigenvalue weighted by atomic mass is 16.5. The van der Waals surface area contributed by atoms with Crippen molar-refractivity contribution in [1.82, 2.24) is 15.1 Å². The molecule has 1 aromatic heterocycles. The highest BCUT2D eigenvalue weighted by Gasteiger charge is 2.40. The molecule has 0 aliphatic carbocycles. The molecule has 1 unspecified atom stereocenters. The van der Waals surface area contributed by atoms with E-state index >= 15 is 0 Å². The zero-order valence-corrected chi connectivity index (χ0v) is 12.4. The number of carbonyl (C=O) groups excluding carboxylic acids is 2. The van der Waals surface area contributed by atoms with Crippen LogP contribution in [-0.2, 0) is 20.9 Å². The van der Waals surface area contributed by atoms with Gasteiger partial charge in [0, 0.05) is 5.56 Å². The summed E-state index contributed by atoms with van der Waals surface area (Å²) in [6, 6.07) is 5.21. The normalized spacial score (nSPS) is 16.0. The first-order valence-electron chi connectivity index (χ1n) is 6.91. The molecule has 1 aromatic carbocycles. The van der Waals surface area contributed by atoms with Crippen LogP contribution < -0.4 is 4.74 Å². The Balaban J connectivity index is 1.70. The van der Waals surface area contributed by atoms with E-state index in [1.54, 1.807) is 12.1 Å². The third-order valence-corrected chi connectivity index (χ3v) is 3.63. The molecular weight excluding hydrogens is 302 g/mol. The van der Waals surface area contributed by atoms with E-state index in [2.05, 4.69) is 10.2 Å². The van der Waals surface area contributed by atoms with Crippen molar-refractivity contribution in [3.63, 3.8) is 0 Å². The number of aromatic hydroxyl groups is 1. The number of rotatable bonds is 4. The molecule has 2 aromatic rings. The Morgan fingerprint density at radius 3 is 2.83 bits per heavy atom. The van der Waals surface area contributed by atoms with E-state index in [1.807, 2.05) is 0 Å². The number of nitrogens with one attached hydrogen (secondary N) is 1. The van der Waals surface area contributed by atoms with Crippen LogP contribution in [0, 0.1) is 0 Å². The summed E-state index contributed by atoms with van der Waals surface area (Å²) < 4.78 is 10.2. The molecule has 1 amide bonds. The van der Waals surface area contributed by atoms with E-state index in [0.29, 0.717) is 17.0 Å². The summed E-state index contributed by atoms with van der Waals surface area (Å²) in [5.41, 5.74) is 1.34. The number of nitrogens with zero attached hydrogens (tertiary/aromatic N) is 2. The maximum absolute atomic E-state index is 12.4. The fourth-order valence-corrected chi connectivity index (χ4v) is 2.48. The zero-order valence-electron chi connectivity index (χ0n) is 12.4. The van der Waals surface area contributed by atoms with Crippen LogP contribution in [-0.4, -0.2) is 45.8 Å². The smallest absolute Gasteiger partial charge is 0.333 e. The minimum atomic E-state index is -0.815. The van der Waals surface area contributed by atoms with Crippen LogP contribution in [0.1, 0.15) is 17.3 Å². The SMILES string of the molecule is COC(=O)C1c2cn[nH]c2CN1C(=O)COc1ccc(O)cc1. The monoisotopic (exact) mass is 317 g/mol. The molecule has 3 rings (SSSR count). The van der Waals surface area contributed by atoms with Gasteiger partial charge >= 0.3 is 5.97 Å². The third kappa shape index (κ3) is 2.83. The quantitative estimate of drug-likeness (QED) is 0.806. The molecule has 8 nitrogen and oxygen atoms in total. The standard InChI is InChI=1S/C15H15N3O5/c1-22-15(21)14-11-6-16-17-12(11)7-18(14)13(20)8-23-10-4-2-9(19)3-5-10/h2-6,14,19H,7-8H2,1H3,(H,16,17). The molecule has 8 heteroatoms. The molecule has 0 bridgehead atoms. The summed E-state index contributed by atoms with van der Waals surface area (Å²) in [6.45, 7) is 0.0167. The average Bonchev–Trinajstić information content (AvgIpc) is 3.14. The molecule has 0 radical (unpaired) electrons. The van der Waals surface area contributed by atoms with Crippen molar-refractivity contribution in [1.29, 1.82) is 0 Å². The summed E-state index contributed by atoms with van der Waals surface area (Å²) in [5.74, 6) is -0.314. The van der Waals surface area contributed by atoms with Crippen LogP contribution in [0.25, 0.3) is 0 Å². The highest BCUT2D eigenvalue weighted by molar-refractivity contribution is 5.87. The van der Waals surface area contributed by atoms with Crippen molar-refractivity contribution >= 4 is 11.9 Å². The Labute approximate surface area is 131 Å². The second kappa shape index (κ2) is 5.99. The van der Waals surface area contributed by atoms with Crippen LogP contribution in [0.4, 0.5) is 0 Å².